The summed E-state index contributed by atoms with van der Waals surface area (Å²) in [7, 11) is 1.60. The molecule has 4 aromatic heterocycles. The van der Waals surface area contributed by atoms with Crippen molar-refractivity contribution in [2.45, 2.75) is 26.0 Å². The molecule has 12 nitrogen and oxygen atoms in total. The van der Waals surface area contributed by atoms with E-state index in [0.717, 1.165) is 22.6 Å². The smallest absolute Gasteiger partial charge is 0.320 e. The van der Waals surface area contributed by atoms with Crippen LogP contribution in [0.15, 0.2) is 67.0 Å². The number of aromatic nitrogens is 6. The summed E-state index contributed by atoms with van der Waals surface area (Å²) in [5.41, 5.74) is 4.34. The Kier molecular flexibility index (Phi) is 7.61. The number of benzene rings is 1. The first kappa shape index (κ1) is 27.4. The fourth-order valence-electron chi connectivity index (χ4n) is 5.08. The SMILES string of the molecule is COCCN1C[C@@H](NC(=O)Nc2c(C)c(-c3ccn4c(C)nnc4c3)nn2-c2ccccc2)[C@H](c2ccnc(F)c2)O1. The van der Waals surface area contributed by atoms with Gasteiger partial charge in [-0.2, -0.15) is 14.6 Å². The van der Waals surface area contributed by atoms with Gasteiger partial charge in [0.2, 0.25) is 5.95 Å². The summed E-state index contributed by atoms with van der Waals surface area (Å²) in [5, 5.41) is 21.0. The van der Waals surface area contributed by atoms with E-state index in [-0.39, 0.29) is 0 Å². The highest BCUT2D eigenvalue weighted by atomic mass is 19.1. The molecule has 2 atom stereocenters. The first-order valence-electron chi connectivity index (χ1n) is 13.5. The van der Waals surface area contributed by atoms with Crippen LogP contribution in [0.4, 0.5) is 15.0 Å². The number of halogens is 1. The Labute approximate surface area is 241 Å². The van der Waals surface area contributed by atoms with Crippen LogP contribution < -0.4 is 10.6 Å². The molecule has 216 valence electrons. The molecule has 0 aliphatic carbocycles. The van der Waals surface area contributed by atoms with Gasteiger partial charge in [-0.25, -0.2) is 14.5 Å². The number of carbonyl (C=O) groups is 1. The zero-order valence-electron chi connectivity index (χ0n) is 23.4. The van der Waals surface area contributed by atoms with Crippen LogP contribution in [0.5, 0.6) is 0 Å². The van der Waals surface area contributed by atoms with Gasteiger partial charge < -0.3 is 10.1 Å². The minimum atomic E-state index is -0.621. The monoisotopic (exact) mass is 571 g/mol. The van der Waals surface area contributed by atoms with Gasteiger partial charge in [0.25, 0.3) is 0 Å². The predicted molar refractivity (Wildman–Crippen MR) is 152 cm³/mol. The highest BCUT2D eigenvalue weighted by Gasteiger charge is 2.37. The second-order valence-electron chi connectivity index (χ2n) is 9.98. The molecule has 1 aliphatic heterocycles. The molecule has 0 saturated carbocycles. The first-order valence-corrected chi connectivity index (χ1v) is 13.5. The Morgan fingerprint density at radius 1 is 1.14 bits per heavy atom. The lowest BCUT2D eigenvalue weighted by atomic mass is 10.0. The number of pyridine rings is 2. The van der Waals surface area contributed by atoms with Gasteiger partial charge in [-0.15, -0.1) is 10.2 Å². The Balaban J connectivity index is 1.30. The van der Waals surface area contributed by atoms with Crippen molar-refractivity contribution in [3.05, 3.63) is 89.9 Å². The predicted octanol–water partition coefficient (Wildman–Crippen LogP) is 3.86. The van der Waals surface area contributed by atoms with Crippen molar-refractivity contribution < 1.29 is 18.8 Å². The van der Waals surface area contributed by atoms with Gasteiger partial charge in [0, 0.05) is 43.7 Å². The molecule has 1 saturated heterocycles. The number of hydrogen-bond acceptors (Lipinski definition) is 8. The summed E-state index contributed by atoms with van der Waals surface area (Å²) in [6.45, 7) is 5.10. The highest BCUT2D eigenvalue weighted by Crippen LogP contribution is 2.32. The van der Waals surface area contributed by atoms with Gasteiger partial charge in [-0.05, 0) is 55.8 Å². The van der Waals surface area contributed by atoms with Gasteiger partial charge in [0.15, 0.2) is 5.65 Å². The maximum Gasteiger partial charge on any atom is 0.320 e. The van der Waals surface area contributed by atoms with Crippen molar-refractivity contribution in [3.63, 3.8) is 0 Å². The molecule has 13 heteroatoms. The normalized spacial score (nSPS) is 17.1. The maximum absolute atomic E-state index is 14.0. The molecule has 0 radical (unpaired) electrons. The number of methoxy groups -OCH3 is 1. The van der Waals surface area contributed by atoms with E-state index in [4.69, 9.17) is 14.7 Å². The molecule has 0 spiro atoms. The third-order valence-corrected chi connectivity index (χ3v) is 7.18. The molecule has 6 rings (SSSR count). The number of rotatable bonds is 8. The second kappa shape index (κ2) is 11.6. The largest absolute Gasteiger partial charge is 0.383 e. The number of hydroxylamine groups is 2. The van der Waals surface area contributed by atoms with E-state index >= 15 is 0 Å². The van der Waals surface area contributed by atoms with Crippen molar-refractivity contribution in [3.8, 4) is 16.9 Å². The molecule has 1 aromatic carbocycles. The zero-order chi connectivity index (χ0) is 29.2. The van der Waals surface area contributed by atoms with E-state index in [2.05, 4.69) is 25.8 Å². The van der Waals surface area contributed by atoms with E-state index in [0.29, 0.717) is 42.4 Å². The van der Waals surface area contributed by atoms with E-state index in [1.807, 2.05) is 66.9 Å². The minimum Gasteiger partial charge on any atom is -0.383 e. The molecular weight excluding hydrogens is 541 g/mol. The van der Waals surface area contributed by atoms with Crippen LogP contribution >= 0.6 is 0 Å². The van der Waals surface area contributed by atoms with E-state index in [9.17, 15) is 9.18 Å². The number of anilines is 1. The summed E-state index contributed by atoms with van der Waals surface area (Å²) < 4.78 is 22.7. The Hall–Kier alpha value is -4.72. The first-order chi connectivity index (χ1) is 20.4. The van der Waals surface area contributed by atoms with Crippen LogP contribution in [-0.4, -0.2) is 73.3 Å². The van der Waals surface area contributed by atoms with Crippen LogP contribution in [0.25, 0.3) is 22.6 Å². The molecule has 5 heterocycles. The average molecular weight is 572 g/mol. The molecular formula is C29H30FN9O3. The van der Waals surface area contributed by atoms with Crippen molar-refractivity contribution in [1.29, 1.82) is 0 Å². The molecule has 5 aromatic rings. The molecule has 1 aliphatic rings. The van der Waals surface area contributed by atoms with Crippen LogP contribution in [0.1, 0.15) is 23.1 Å². The van der Waals surface area contributed by atoms with Crippen molar-refractivity contribution in [1.82, 2.24) is 39.7 Å². The van der Waals surface area contributed by atoms with Crippen LogP contribution in [0.3, 0.4) is 0 Å². The number of carbonyl (C=O) groups excluding carboxylic acids is 1. The Morgan fingerprint density at radius 3 is 2.76 bits per heavy atom. The number of ether oxygens (including phenoxy) is 1. The Morgan fingerprint density at radius 2 is 1.98 bits per heavy atom. The maximum atomic E-state index is 14.0. The number of nitrogens with zero attached hydrogens (tertiary/aromatic N) is 7. The quantitative estimate of drug-likeness (QED) is 0.269. The van der Waals surface area contributed by atoms with E-state index in [1.54, 1.807) is 22.9 Å². The van der Waals surface area contributed by atoms with Crippen LogP contribution in [0, 0.1) is 19.8 Å². The van der Waals surface area contributed by atoms with Crippen molar-refractivity contribution in [2.75, 3.05) is 32.1 Å². The molecule has 0 bridgehead atoms. The lowest BCUT2D eigenvalue weighted by Gasteiger charge is -2.19. The standard InChI is InChI=1S/C29H30FN9O3/c1-18-26(20-10-12-38-19(2)34-35-25(38)16-20)36-39(22-7-5-4-6-8-22)28(18)33-29(40)32-23-17-37(13-14-41-3)42-27(23)21-9-11-31-24(30)15-21/h4-12,15-16,23,27H,13-14,17H2,1-3H3,(H2,32,33,40)/t23-,27+/m1/s1. The van der Waals surface area contributed by atoms with E-state index < -0.39 is 24.1 Å². The summed E-state index contributed by atoms with van der Waals surface area (Å²) in [6, 6.07) is 15.5. The average Bonchev–Trinajstić information content (AvgIpc) is 3.67. The highest BCUT2D eigenvalue weighted by molar-refractivity contribution is 5.91. The molecule has 2 N–H and O–H groups in total. The van der Waals surface area contributed by atoms with Crippen molar-refractivity contribution >= 4 is 17.5 Å². The number of aryl methyl sites for hydroxylation is 1. The van der Waals surface area contributed by atoms with Gasteiger partial charge in [-0.1, -0.05) is 18.2 Å². The van der Waals surface area contributed by atoms with Gasteiger partial charge in [0.05, 0.1) is 24.0 Å². The lowest BCUT2D eigenvalue weighted by Crippen LogP contribution is -2.42. The van der Waals surface area contributed by atoms with Gasteiger partial charge >= 0.3 is 6.03 Å². The van der Waals surface area contributed by atoms with Crippen molar-refractivity contribution in [2.24, 2.45) is 0 Å². The number of hydrogen-bond donors (Lipinski definition) is 2. The third kappa shape index (κ3) is 5.44. The lowest BCUT2D eigenvalue weighted by molar-refractivity contribution is -0.154. The topological polar surface area (TPSA) is 124 Å². The van der Waals surface area contributed by atoms with Crippen LogP contribution in [-0.2, 0) is 9.57 Å². The molecule has 0 unspecified atom stereocenters. The summed E-state index contributed by atoms with van der Waals surface area (Å²) in [5.74, 6) is 0.670. The summed E-state index contributed by atoms with van der Waals surface area (Å²) in [4.78, 5) is 23.2. The second-order valence-corrected chi connectivity index (χ2v) is 9.98. The number of para-hydroxylation sites is 1. The van der Waals surface area contributed by atoms with E-state index in [1.165, 1.54) is 12.3 Å². The summed E-state index contributed by atoms with van der Waals surface area (Å²) in [6.07, 6.45) is 2.67. The zero-order valence-corrected chi connectivity index (χ0v) is 23.4. The molecule has 1 fully saturated rings. The number of urea groups is 1. The summed E-state index contributed by atoms with van der Waals surface area (Å²) >= 11 is 0. The fourth-order valence-corrected chi connectivity index (χ4v) is 5.08. The molecule has 42 heavy (non-hydrogen) atoms. The fraction of sp³-hybridized carbons (Fsp3) is 0.276. The van der Waals surface area contributed by atoms with Gasteiger partial charge in [0.1, 0.15) is 17.7 Å². The Bertz CT molecular complexity index is 1720. The van der Waals surface area contributed by atoms with Crippen LogP contribution in [0.2, 0.25) is 0 Å². The number of nitrogens with one attached hydrogen (secondary N) is 2. The molecule has 2 amide bonds. The number of amides is 2. The number of fused-ring (bicyclic) bond motifs is 1. The van der Waals surface area contributed by atoms with Gasteiger partial charge in [-0.3, -0.25) is 14.6 Å². The third-order valence-electron chi connectivity index (χ3n) is 7.18. The minimum absolute atomic E-state index is 0.380.